The Morgan fingerprint density at radius 3 is 2.62 bits per heavy atom. The van der Waals surface area contributed by atoms with Crippen LogP contribution >= 0.6 is 11.6 Å². The molecule has 1 aliphatic carbocycles. The second kappa shape index (κ2) is 8.87. The van der Waals surface area contributed by atoms with Crippen molar-refractivity contribution in [3.05, 3.63) is 28.8 Å². The van der Waals surface area contributed by atoms with Crippen molar-refractivity contribution in [3.63, 3.8) is 0 Å². The van der Waals surface area contributed by atoms with E-state index in [1.165, 1.54) is 19.3 Å². The van der Waals surface area contributed by atoms with E-state index in [1.807, 2.05) is 11.9 Å². The summed E-state index contributed by atoms with van der Waals surface area (Å²) in [6, 6.07) is 5.70. The zero-order valence-electron chi connectivity index (χ0n) is 15.4. The maximum atomic E-state index is 12.8. The number of amides is 2. The Hall–Kier alpha value is -1.59. The van der Waals surface area contributed by atoms with E-state index in [4.69, 9.17) is 11.6 Å². The van der Waals surface area contributed by atoms with Gasteiger partial charge >= 0.3 is 0 Å². The van der Waals surface area contributed by atoms with Gasteiger partial charge in [0.05, 0.1) is 10.6 Å². The molecule has 2 N–H and O–H groups in total. The highest BCUT2D eigenvalue weighted by atomic mass is 35.5. The van der Waals surface area contributed by atoms with Gasteiger partial charge in [-0.15, -0.1) is 0 Å². The second-order valence-corrected chi connectivity index (χ2v) is 7.86. The van der Waals surface area contributed by atoms with Gasteiger partial charge in [0.15, 0.2) is 0 Å². The number of nitrogens with zero attached hydrogens (tertiary/aromatic N) is 1. The van der Waals surface area contributed by atoms with Gasteiger partial charge in [0.1, 0.15) is 0 Å². The van der Waals surface area contributed by atoms with Gasteiger partial charge in [-0.3, -0.25) is 9.59 Å². The van der Waals surface area contributed by atoms with E-state index in [2.05, 4.69) is 10.6 Å². The van der Waals surface area contributed by atoms with Crippen molar-refractivity contribution in [2.24, 2.45) is 0 Å². The molecular weight excluding hydrogens is 350 g/mol. The zero-order chi connectivity index (χ0) is 18.5. The second-order valence-electron chi connectivity index (χ2n) is 7.45. The van der Waals surface area contributed by atoms with Gasteiger partial charge in [0.2, 0.25) is 5.91 Å². The molecule has 142 valence electrons. The minimum Gasteiger partial charge on any atom is -0.339 e. The number of anilines is 1. The lowest BCUT2D eigenvalue weighted by Gasteiger charge is -2.31. The maximum Gasteiger partial charge on any atom is 0.255 e. The molecule has 0 spiro atoms. The summed E-state index contributed by atoms with van der Waals surface area (Å²) in [4.78, 5) is 26.7. The lowest BCUT2D eigenvalue weighted by molar-refractivity contribution is -0.116. The molecule has 0 radical (unpaired) electrons. The molecule has 0 bridgehead atoms. The summed E-state index contributed by atoms with van der Waals surface area (Å²) in [6.07, 6.45) is 8.34. The first-order valence-corrected chi connectivity index (χ1v) is 10.0. The summed E-state index contributed by atoms with van der Waals surface area (Å²) in [7, 11) is 1.86. The van der Waals surface area contributed by atoms with Crippen molar-refractivity contribution in [3.8, 4) is 0 Å². The lowest BCUT2D eigenvalue weighted by atomic mass is 9.94. The van der Waals surface area contributed by atoms with Crippen molar-refractivity contribution in [2.75, 3.05) is 18.9 Å². The number of hydrogen-bond donors (Lipinski definition) is 2. The third-order valence-corrected chi connectivity index (χ3v) is 5.83. The molecule has 1 saturated heterocycles. The first-order valence-electron chi connectivity index (χ1n) is 9.64. The molecule has 0 aromatic heterocycles. The molecular formula is C20H28ClN3O2. The molecule has 2 aliphatic rings. The number of hydrogen-bond acceptors (Lipinski definition) is 3. The van der Waals surface area contributed by atoms with Crippen molar-refractivity contribution < 1.29 is 9.59 Å². The van der Waals surface area contributed by atoms with Crippen LogP contribution in [0.5, 0.6) is 0 Å². The van der Waals surface area contributed by atoms with E-state index >= 15 is 0 Å². The van der Waals surface area contributed by atoms with Crippen molar-refractivity contribution in [1.82, 2.24) is 10.2 Å². The van der Waals surface area contributed by atoms with Gasteiger partial charge in [-0.1, -0.05) is 30.9 Å². The molecule has 6 heteroatoms. The molecule has 5 nitrogen and oxygen atoms in total. The highest BCUT2D eigenvalue weighted by Gasteiger charge is 2.24. The predicted octanol–water partition coefficient (Wildman–Crippen LogP) is 3.83. The Balaban J connectivity index is 1.61. The van der Waals surface area contributed by atoms with Gasteiger partial charge in [0.25, 0.3) is 5.91 Å². The van der Waals surface area contributed by atoms with Gasteiger partial charge in [-0.2, -0.15) is 0 Å². The number of carbonyl (C=O) groups excluding carboxylic acids is 2. The minimum atomic E-state index is -0.0464. The Morgan fingerprint density at radius 1 is 1.19 bits per heavy atom. The maximum absolute atomic E-state index is 12.8. The largest absolute Gasteiger partial charge is 0.339 e. The zero-order valence-corrected chi connectivity index (χ0v) is 16.1. The smallest absolute Gasteiger partial charge is 0.255 e. The van der Waals surface area contributed by atoms with Gasteiger partial charge in [0, 0.05) is 31.2 Å². The molecule has 2 amide bonds. The van der Waals surface area contributed by atoms with Crippen LogP contribution in [-0.4, -0.2) is 42.4 Å². The monoisotopic (exact) mass is 377 g/mol. The SMILES string of the molecule is CN(C(=O)c1ccc(NC(=O)CC2CCCN2)cc1Cl)C1CCCCC1. The summed E-state index contributed by atoms with van der Waals surface area (Å²) in [5, 5.41) is 6.58. The van der Waals surface area contributed by atoms with Crippen molar-refractivity contribution in [2.45, 2.75) is 63.5 Å². The van der Waals surface area contributed by atoms with Crippen LogP contribution < -0.4 is 10.6 Å². The van der Waals surface area contributed by atoms with E-state index in [-0.39, 0.29) is 17.9 Å². The molecule has 1 aliphatic heterocycles. The molecule has 1 aromatic rings. The third kappa shape index (κ3) is 4.77. The highest BCUT2D eigenvalue weighted by molar-refractivity contribution is 6.34. The molecule has 3 rings (SSSR count). The average molecular weight is 378 g/mol. The summed E-state index contributed by atoms with van der Waals surface area (Å²) >= 11 is 6.35. The van der Waals surface area contributed by atoms with Crippen LogP contribution in [-0.2, 0) is 4.79 Å². The number of halogens is 1. The fraction of sp³-hybridized carbons (Fsp3) is 0.600. The Morgan fingerprint density at radius 2 is 1.96 bits per heavy atom. The molecule has 1 atom stereocenters. The molecule has 1 saturated carbocycles. The van der Waals surface area contributed by atoms with Gasteiger partial charge < -0.3 is 15.5 Å². The van der Waals surface area contributed by atoms with Crippen LogP contribution in [0, 0.1) is 0 Å². The topological polar surface area (TPSA) is 61.4 Å². The van der Waals surface area contributed by atoms with E-state index in [1.54, 1.807) is 18.2 Å². The first kappa shape index (κ1) is 19.2. The van der Waals surface area contributed by atoms with E-state index in [9.17, 15) is 9.59 Å². The summed E-state index contributed by atoms with van der Waals surface area (Å²) in [5.41, 5.74) is 1.13. The molecule has 26 heavy (non-hydrogen) atoms. The summed E-state index contributed by atoms with van der Waals surface area (Å²) < 4.78 is 0. The van der Waals surface area contributed by atoms with Crippen molar-refractivity contribution >= 4 is 29.1 Å². The molecule has 1 unspecified atom stereocenters. The quantitative estimate of drug-likeness (QED) is 0.819. The number of nitrogens with one attached hydrogen (secondary N) is 2. The van der Waals surface area contributed by atoms with Gasteiger partial charge in [-0.25, -0.2) is 0 Å². The fourth-order valence-corrected chi connectivity index (χ4v) is 4.22. The Kier molecular flexibility index (Phi) is 6.54. The standard InChI is InChI=1S/C20H28ClN3O2/c1-24(16-7-3-2-4-8-16)20(26)17-10-9-15(12-18(17)21)23-19(25)13-14-6-5-11-22-14/h9-10,12,14,16,22H,2-8,11,13H2,1H3,(H,23,25). The molecule has 1 aromatic carbocycles. The van der Waals surface area contributed by atoms with E-state index in [0.29, 0.717) is 28.7 Å². The highest BCUT2D eigenvalue weighted by Crippen LogP contribution is 2.26. The Labute approximate surface area is 160 Å². The third-order valence-electron chi connectivity index (χ3n) is 5.52. The normalized spacial score (nSPS) is 20.8. The number of rotatable bonds is 5. The van der Waals surface area contributed by atoms with E-state index in [0.717, 1.165) is 32.2 Å². The molecule has 1 heterocycles. The minimum absolute atomic E-state index is 0.0288. The fourth-order valence-electron chi connectivity index (χ4n) is 3.96. The lowest BCUT2D eigenvalue weighted by Crippen LogP contribution is -2.38. The van der Waals surface area contributed by atoms with Gasteiger partial charge in [-0.05, 0) is 50.4 Å². The first-order chi connectivity index (χ1) is 12.5. The summed E-state index contributed by atoms with van der Waals surface area (Å²) in [5.74, 6) is -0.0752. The Bertz CT molecular complexity index is 652. The number of benzene rings is 1. The average Bonchev–Trinajstić information content (AvgIpc) is 3.14. The van der Waals surface area contributed by atoms with Crippen LogP contribution in [0.15, 0.2) is 18.2 Å². The van der Waals surface area contributed by atoms with Crippen LogP contribution in [0.3, 0.4) is 0 Å². The van der Waals surface area contributed by atoms with Crippen LogP contribution in [0.4, 0.5) is 5.69 Å². The summed E-state index contributed by atoms with van der Waals surface area (Å²) in [6.45, 7) is 0.981. The predicted molar refractivity (Wildman–Crippen MR) is 105 cm³/mol. The molecule has 2 fully saturated rings. The van der Waals surface area contributed by atoms with E-state index < -0.39 is 0 Å². The number of carbonyl (C=O) groups is 2. The van der Waals surface area contributed by atoms with Crippen LogP contribution in [0.25, 0.3) is 0 Å². The van der Waals surface area contributed by atoms with Crippen LogP contribution in [0.1, 0.15) is 61.7 Å². The van der Waals surface area contributed by atoms with Crippen molar-refractivity contribution in [1.29, 1.82) is 0 Å². The van der Waals surface area contributed by atoms with Crippen LogP contribution in [0.2, 0.25) is 5.02 Å².